The van der Waals surface area contributed by atoms with E-state index in [1.165, 1.54) is 6.07 Å². The summed E-state index contributed by atoms with van der Waals surface area (Å²) in [6.07, 6.45) is 2.88. The van der Waals surface area contributed by atoms with Crippen molar-refractivity contribution in [3.8, 4) is 0 Å². The lowest BCUT2D eigenvalue weighted by Crippen LogP contribution is -2.31. The highest BCUT2D eigenvalue weighted by atomic mass is 32.2. The van der Waals surface area contributed by atoms with Crippen LogP contribution in [-0.4, -0.2) is 16.8 Å². The van der Waals surface area contributed by atoms with E-state index >= 15 is 0 Å². The fourth-order valence-electron chi connectivity index (χ4n) is 1.68. The molecule has 3 nitrogen and oxygen atoms in total. The van der Waals surface area contributed by atoms with Gasteiger partial charge in [-0.2, -0.15) is 0 Å². The van der Waals surface area contributed by atoms with Gasteiger partial charge in [0.05, 0.1) is 0 Å². The molecule has 0 saturated heterocycles. The third-order valence-electron chi connectivity index (χ3n) is 3.06. The summed E-state index contributed by atoms with van der Waals surface area (Å²) in [5.41, 5.74) is 5.35. The number of unbranched alkanes of at least 4 members (excludes halogenated alkanes) is 1. The van der Waals surface area contributed by atoms with Crippen molar-refractivity contribution < 1.29 is 9.60 Å². The number of hydrogen-bond acceptors (Lipinski definition) is 3. The molecule has 0 amide bonds. The number of thioether (sulfide) groups is 1. The molecule has 1 aromatic carbocycles. The van der Waals surface area contributed by atoms with Gasteiger partial charge in [0.2, 0.25) is 0 Å². The van der Waals surface area contributed by atoms with E-state index in [1.54, 1.807) is 23.9 Å². The number of hydrogen-bond donors (Lipinski definition) is 2. The Morgan fingerprint density at radius 1 is 1.42 bits per heavy atom. The maximum atomic E-state index is 13.0. The first-order valence-corrected chi connectivity index (χ1v) is 7.30. The molecule has 0 aliphatic rings. The summed E-state index contributed by atoms with van der Waals surface area (Å²) >= 11 is 1.65. The van der Waals surface area contributed by atoms with E-state index in [0.717, 1.165) is 29.9 Å². The van der Waals surface area contributed by atoms with E-state index < -0.39 is 0 Å². The summed E-state index contributed by atoms with van der Waals surface area (Å²) in [4.78, 5) is 0.954. The maximum absolute atomic E-state index is 13.0. The predicted octanol–water partition coefficient (Wildman–Crippen LogP) is 3.86. The van der Waals surface area contributed by atoms with Gasteiger partial charge in [0, 0.05) is 10.3 Å². The minimum atomic E-state index is -0.279. The van der Waals surface area contributed by atoms with Crippen molar-refractivity contribution in [3.05, 3.63) is 30.1 Å². The smallest absolute Gasteiger partial charge is 0.144 e. The van der Waals surface area contributed by atoms with Gasteiger partial charge < -0.3 is 10.9 Å². The van der Waals surface area contributed by atoms with Crippen molar-refractivity contribution in [1.29, 1.82) is 0 Å². The normalized spacial score (nSPS) is 12.7. The van der Waals surface area contributed by atoms with Crippen molar-refractivity contribution in [2.75, 3.05) is 5.75 Å². The van der Waals surface area contributed by atoms with Crippen LogP contribution in [0, 0.1) is 11.2 Å². The fraction of sp³-hybridized carbons (Fsp3) is 0.500. The summed E-state index contributed by atoms with van der Waals surface area (Å²) in [7, 11) is 0. The number of halogens is 1. The van der Waals surface area contributed by atoms with Crippen molar-refractivity contribution in [2.45, 2.75) is 38.0 Å². The van der Waals surface area contributed by atoms with Crippen LogP contribution in [0.15, 0.2) is 34.3 Å². The van der Waals surface area contributed by atoms with Crippen molar-refractivity contribution in [1.82, 2.24) is 0 Å². The van der Waals surface area contributed by atoms with Crippen LogP contribution in [0.25, 0.3) is 0 Å². The average molecular weight is 284 g/mol. The summed E-state index contributed by atoms with van der Waals surface area (Å²) < 4.78 is 13.0. The van der Waals surface area contributed by atoms with Gasteiger partial charge in [-0.05, 0) is 36.8 Å². The molecule has 106 valence electrons. The first kappa shape index (κ1) is 15.8. The molecule has 0 atom stereocenters. The van der Waals surface area contributed by atoms with Crippen LogP contribution in [-0.2, 0) is 0 Å². The number of oxime groups is 1. The van der Waals surface area contributed by atoms with Gasteiger partial charge in [-0.1, -0.05) is 31.5 Å². The fourth-order valence-corrected chi connectivity index (χ4v) is 2.63. The Labute approximate surface area is 118 Å². The summed E-state index contributed by atoms with van der Waals surface area (Å²) in [5.74, 6) is 1.01. The van der Waals surface area contributed by atoms with Crippen LogP contribution in [0.1, 0.15) is 33.1 Å². The number of nitrogens with two attached hydrogens (primary N) is 1. The minimum absolute atomic E-state index is 0.196. The first-order chi connectivity index (χ1) is 8.95. The van der Waals surface area contributed by atoms with Gasteiger partial charge in [-0.3, -0.25) is 0 Å². The Bertz CT molecular complexity index is 435. The van der Waals surface area contributed by atoms with Crippen LogP contribution in [0.2, 0.25) is 0 Å². The number of benzene rings is 1. The van der Waals surface area contributed by atoms with Gasteiger partial charge in [0.15, 0.2) is 0 Å². The van der Waals surface area contributed by atoms with Gasteiger partial charge in [0.1, 0.15) is 11.7 Å². The number of amidine groups is 1. The van der Waals surface area contributed by atoms with E-state index in [1.807, 2.05) is 19.9 Å². The van der Waals surface area contributed by atoms with Gasteiger partial charge in [0.25, 0.3) is 0 Å². The molecule has 1 aromatic rings. The van der Waals surface area contributed by atoms with Gasteiger partial charge in [-0.15, -0.1) is 11.8 Å². The lowest BCUT2D eigenvalue weighted by atomic mass is 9.86. The van der Waals surface area contributed by atoms with E-state index in [9.17, 15) is 4.39 Å². The molecule has 0 unspecified atom stereocenters. The molecule has 1 rings (SSSR count). The Kier molecular flexibility index (Phi) is 6.15. The second kappa shape index (κ2) is 7.38. The molecule has 0 aliphatic heterocycles. The summed E-state index contributed by atoms with van der Waals surface area (Å²) in [5, 5.41) is 11.7. The molecule has 0 fully saturated rings. The molecular formula is C14H21FN2OS. The van der Waals surface area contributed by atoms with Gasteiger partial charge in [-0.25, -0.2) is 4.39 Å². The van der Waals surface area contributed by atoms with E-state index in [0.29, 0.717) is 0 Å². The SMILES string of the molecule is CC(C)(CCCCSc1cccc(F)c1)/C(N)=N/O. The lowest BCUT2D eigenvalue weighted by molar-refractivity contribution is 0.304. The third-order valence-corrected chi connectivity index (χ3v) is 4.14. The zero-order valence-electron chi connectivity index (χ0n) is 11.4. The Hall–Kier alpha value is -1.23. The quantitative estimate of drug-likeness (QED) is 0.200. The summed E-state index contributed by atoms with van der Waals surface area (Å²) in [6, 6.07) is 6.63. The van der Waals surface area contributed by atoms with Crippen molar-refractivity contribution in [2.24, 2.45) is 16.3 Å². The molecule has 0 spiro atoms. The van der Waals surface area contributed by atoms with Crippen molar-refractivity contribution in [3.63, 3.8) is 0 Å². The maximum Gasteiger partial charge on any atom is 0.144 e. The molecule has 0 heterocycles. The predicted molar refractivity (Wildman–Crippen MR) is 78.2 cm³/mol. The van der Waals surface area contributed by atoms with Crippen LogP contribution in [0.4, 0.5) is 4.39 Å². The highest BCUT2D eigenvalue weighted by Gasteiger charge is 2.22. The summed E-state index contributed by atoms with van der Waals surface area (Å²) in [6.45, 7) is 3.92. The zero-order valence-corrected chi connectivity index (χ0v) is 12.2. The van der Waals surface area contributed by atoms with Gasteiger partial charge >= 0.3 is 0 Å². The zero-order chi connectivity index (χ0) is 14.3. The van der Waals surface area contributed by atoms with E-state index in [4.69, 9.17) is 10.9 Å². The molecule has 5 heteroatoms. The average Bonchev–Trinajstić information content (AvgIpc) is 2.37. The Morgan fingerprint density at radius 2 is 2.16 bits per heavy atom. The standard InChI is InChI=1S/C14H21FN2OS/c1-14(2,13(16)17-18)8-3-4-9-19-12-7-5-6-11(15)10-12/h5-7,10,18H,3-4,8-9H2,1-2H3,(H2,16,17). The number of nitrogens with zero attached hydrogens (tertiary/aromatic N) is 1. The van der Waals surface area contributed by atoms with Crippen LogP contribution in [0.5, 0.6) is 0 Å². The van der Waals surface area contributed by atoms with E-state index in [2.05, 4.69) is 5.16 Å². The minimum Gasteiger partial charge on any atom is -0.409 e. The molecule has 0 aromatic heterocycles. The van der Waals surface area contributed by atoms with Crippen LogP contribution >= 0.6 is 11.8 Å². The molecule has 0 bridgehead atoms. The Balaban J connectivity index is 2.25. The molecule has 0 aliphatic carbocycles. The lowest BCUT2D eigenvalue weighted by Gasteiger charge is -2.22. The molecule has 3 N–H and O–H groups in total. The second-order valence-corrected chi connectivity index (χ2v) is 6.30. The molecule has 0 radical (unpaired) electrons. The molecule has 0 saturated carbocycles. The second-order valence-electron chi connectivity index (χ2n) is 5.13. The first-order valence-electron chi connectivity index (χ1n) is 6.32. The highest BCUT2D eigenvalue weighted by Crippen LogP contribution is 2.25. The monoisotopic (exact) mass is 284 g/mol. The molecular weight excluding hydrogens is 263 g/mol. The highest BCUT2D eigenvalue weighted by molar-refractivity contribution is 7.99. The largest absolute Gasteiger partial charge is 0.409 e. The van der Waals surface area contributed by atoms with Crippen LogP contribution in [0.3, 0.4) is 0 Å². The van der Waals surface area contributed by atoms with E-state index in [-0.39, 0.29) is 17.1 Å². The van der Waals surface area contributed by atoms with Crippen molar-refractivity contribution >= 4 is 17.6 Å². The topological polar surface area (TPSA) is 58.6 Å². The third kappa shape index (κ3) is 5.51. The Morgan fingerprint density at radius 3 is 2.79 bits per heavy atom. The number of rotatable bonds is 7. The molecule has 19 heavy (non-hydrogen) atoms. The van der Waals surface area contributed by atoms with Crippen LogP contribution < -0.4 is 5.73 Å².